The number of hydrogen-bond donors (Lipinski definition) is 1. The summed E-state index contributed by atoms with van der Waals surface area (Å²) >= 11 is 0. The van der Waals surface area contributed by atoms with Gasteiger partial charge in [-0.3, -0.25) is 9.78 Å². The molecule has 1 aromatic heterocycles. The molecule has 209 valence electrons. The number of fused-ring (bicyclic) bond motifs is 4. The van der Waals surface area contributed by atoms with Crippen LogP contribution in [0.1, 0.15) is 25.0 Å². The second kappa shape index (κ2) is 11.8. The standard InChI is InChI=1S/C25H12F6N.C5H8O2.Ir/c26-24(27,28)17-6-8-18-15(12-17)5-7-21-20(18)9-10-32-23(21)16-11-14-3-1-2-4-19(14)22(13-16)25(29,30)31;1-4(6)3-5(2)7;/h1-10,12-13H;3,6H,1-2H3;/q-1;;/b;4-3-;. The van der Waals surface area contributed by atoms with Crippen LogP contribution in [0.4, 0.5) is 26.3 Å². The van der Waals surface area contributed by atoms with Crippen LogP contribution in [0.25, 0.3) is 43.6 Å². The Morgan fingerprint density at radius 1 is 0.825 bits per heavy atom. The molecule has 5 aromatic rings. The van der Waals surface area contributed by atoms with Crippen LogP contribution >= 0.6 is 0 Å². The Labute approximate surface area is 238 Å². The van der Waals surface area contributed by atoms with Gasteiger partial charge in [0.25, 0.3) is 0 Å². The van der Waals surface area contributed by atoms with Crippen molar-refractivity contribution >= 4 is 38.1 Å². The molecule has 4 aromatic carbocycles. The van der Waals surface area contributed by atoms with Crippen LogP contribution in [0.15, 0.2) is 84.8 Å². The predicted octanol–water partition coefficient (Wildman–Crippen LogP) is 9.08. The zero-order valence-corrected chi connectivity index (χ0v) is 23.3. The van der Waals surface area contributed by atoms with E-state index in [1.807, 2.05) is 0 Å². The summed E-state index contributed by atoms with van der Waals surface area (Å²) in [5, 5.41) is 10.7. The van der Waals surface area contributed by atoms with Crippen molar-refractivity contribution in [2.45, 2.75) is 26.2 Å². The molecule has 0 bridgehead atoms. The minimum atomic E-state index is -4.57. The molecule has 0 unspecified atom stereocenters. The van der Waals surface area contributed by atoms with Crippen LogP contribution in [0.5, 0.6) is 0 Å². The van der Waals surface area contributed by atoms with Gasteiger partial charge in [-0.05, 0) is 59.2 Å². The third-order valence-electron chi connectivity index (χ3n) is 5.84. The number of pyridine rings is 1. The number of ketones is 1. The van der Waals surface area contributed by atoms with Crippen molar-refractivity contribution in [3.63, 3.8) is 0 Å². The molecule has 0 fully saturated rings. The van der Waals surface area contributed by atoms with E-state index >= 15 is 0 Å². The Morgan fingerprint density at radius 3 is 2.10 bits per heavy atom. The molecule has 40 heavy (non-hydrogen) atoms. The molecule has 1 heterocycles. The maximum atomic E-state index is 13.7. The molecule has 0 saturated heterocycles. The number of aromatic nitrogens is 1. The van der Waals surface area contributed by atoms with E-state index in [9.17, 15) is 31.1 Å². The van der Waals surface area contributed by atoms with Gasteiger partial charge in [-0.2, -0.15) is 26.3 Å². The molecule has 10 heteroatoms. The fourth-order valence-corrected chi connectivity index (χ4v) is 4.27. The smallest absolute Gasteiger partial charge is 0.416 e. The van der Waals surface area contributed by atoms with E-state index in [2.05, 4.69) is 11.1 Å². The maximum absolute atomic E-state index is 13.7. The Bertz CT molecular complexity index is 1740. The molecule has 0 aliphatic heterocycles. The Balaban J connectivity index is 0.000000492. The number of benzene rings is 4. The minimum Gasteiger partial charge on any atom is -0.512 e. The van der Waals surface area contributed by atoms with Crippen molar-refractivity contribution in [2.75, 3.05) is 0 Å². The average molecular weight is 733 g/mol. The number of carbonyl (C=O) groups is 1. The van der Waals surface area contributed by atoms with Crippen LogP contribution in [0.3, 0.4) is 0 Å². The van der Waals surface area contributed by atoms with Gasteiger partial charge < -0.3 is 5.11 Å². The number of allylic oxidation sites excluding steroid dienone is 2. The second-order valence-corrected chi connectivity index (χ2v) is 8.79. The first-order valence-corrected chi connectivity index (χ1v) is 11.5. The average Bonchev–Trinajstić information content (AvgIpc) is 2.85. The van der Waals surface area contributed by atoms with Crippen molar-refractivity contribution in [3.8, 4) is 11.3 Å². The van der Waals surface area contributed by atoms with Crippen molar-refractivity contribution in [1.29, 1.82) is 0 Å². The van der Waals surface area contributed by atoms with Crippen molar-refractivity contribution in [2.24, 2.45) is 0 Å². The Morgan fingerprint density at radius 2 is 1.50 bits per heavy atom. The zero-order chi connectivity index (χ0) is 28.5. The van der Waals surface area contributed by atoms with Gasteiger partial charge in [0.2, 0.25) is 0 Å². The summed E-state index contributed by atoms with van der Waals surface area (Å²) in [5.74, 6) is -0.0625. The molecule has 0 amide bonds. The molecule has 0 atom stereocenters. The van der Waals surface area contributed by atoms with Crippen LogP contribution in [-0.2, 0) is 37.3 Å². The van der Waals surface area contributed by atoms with Gasteiger partial charge in [0.1, 0.15) is 0 Å². The molecular formula is C30H20F6IrNO2-. The monoisotopic (exact) mass is 733 g/mol. The summed E-state index contributed by atoms with van der Waals surface area (Å²) in [6.07, 6.45) is -6.44. The first kappa shape index (κ1) is 30.8. The maximum Gasteiger partial charge on any atom is 0.416 e. The molecule has 5 rings (SSSR count). The molecular weight excluding hydrogens is 713 g/mol. The summed E-state index contributed by atoms with van der Waals surface area (Å²) in [6.45, 7) is 2.85. The molecule has 0 spiro atoms. The summed E-state index contributed by atoms with van der Waals surface area (Å²) < 4.78 is 80.4. The van der Waals surface area contributed by atoms with Crippen LogP contribution in [0, 0.1) is 6.07 Å². The largest absolute Gasteiger partial charge is 0.512 e. The zero-order valence-electron chi connectivity index (χ0n) is 20.9. The molecule has 0 saturated carbocycles. The molecule has 1 radical (unpaired) electrons. The number of rotatable bonds is 2. The van der Waals surface area contributed by atoms with Crippen LogP contribution < -0.4 is 0 Å². The third-order valence-corrected chi connectivity index (χ3v) is 5.84. The van der Waals surface area contributed by atoms with E-state index in [1.165, 1.54) is 50.4 Å². The predicted molar refractivity (Wildman–Crippen MR) is 138 cm³/mol. The van der Waals surface area contributed by atoms with E-state index in [-0.39, 0.29) is 48.3 Å². The number of aliphatic hydroxyl groups excluding tert-OH is 1. The number of nitrogens with zero attached hydrogens (tertiary/aromatic N) is 1. The quantitative estimate of drug-likeness (QED) is 0.0648. The van der Waals surface area contributed by atoms with Gasteiger partial charge in [0.15, 0.2) is 5.78 Å². The van der Waals surface area contributed by atoms with E-state index in [1.54, 1.807) is 24.3 Å². The van der Waals surface area contributed by atoms with Gasteiger partial charge >= 0.3 is 12.4 Å². The summed E-state index contributed by atoms with van der Waals surface area (Å²) in [5.41, 5.74) is -1.12. The van der Waals surface area contributed by atoms with Crippen molar-refractivity contribution in [1.82, 2.24) is 4.98 Å². The number of hydrogen-bond acceptors (Lipinski definition) is 3. The summed E-state index contributed by atoms with van der Waals surface area (Å²) in [7, 11) is 0. The molecule has 1 N–H and O–H groups in total. The van der Waals surface area contributed by atoms with E-state index in [4.69, 9.17) is 5.11 Å². The first-order chi connectivity index (χ1) is 18.3. The van der Waals surface area contributed by atoms with Gasteiger partial charge in [0.05, 0.1) is 11.3 Å². The molecule has 0 aliphatic rings. The van der Waals surface area contributed by atoms with Crippen molar-refractivity contribution < 1.29 is 56.3 Å². The topological polar surface area (TPSA) is 50.2 Å². The number of halogens is 6. The van der Waals surface area contributed by atoms with Crippen LogP contribution in [-0.4, -0.2) is 15.9 Å². The second-order valence-electron chi connectivity index (χ2n) is 8.79. The fourth-order valence-electron chi connectivity index (χ4n) is 4.27. The SMILES string of the molecule is CC(=O)/C=C(/C)O.FC(F)(F)c1ccc2c(ccc3c(-c4[c-]c5ccccc5c(C(F)(F)F)c4)nccc32)c1.[Ir]. The number of aliphatic hydroxyl groups is 1. The van der Waals surface area contributed by atoms with Gasteiger partial charge in [-0.15, -0.1) is 23.6 Å². The normalized spacial score (nSPS) is 12.2. The van der Waals surface area contributed by atoms with Crippen molar-refractivity contribution in [3.05, 3.63) is 102 Å². The molecule has 0 aliphatic carbocycles. The molecule has 3 nitrogen and oxygen atoms in total. The number of alkyl halides is 6. The Hall–Kier alpha value is -3.75. The van der Waals surface area contributed by atoms with Gasteiger partial charge in [-0.1, -0.05) is 47.3 Å². The van der Waals surface area contributed by atoms with Gasteiger partial charge in [0, 0.05) is 38.1 Å². The van der Waals surface area contributed by atoms with E-state index in [0.29, 0.717) is 26.9 Å². The fraction of sp³-hybridized carbons (Fsp3) is 0.133. The van der Waals surface area contributed by atoms with Gasteiger partial charge in [-0.25, -0.2) is 0 Å². The first-order valence-electron chi connectivity index (χ1n) is 11.5. The summed E-state index contributed by atoms with van der Waals surface area (Å²) in [6, 6.07) is 18.3. The Kier molecular flexibility index (Phi) is 9.07. The van der Waals surface area contributed by atoms with Crippen LogP contribution in [0.2, 0.25) is 0 Å². The summed E-state index contributed by atoms with van der Waals surface area (Å²) in [4.78, 5) is 14.3. The minimum absolute atomic E-state index is 0. The number of carbonyl (C=O) groups excluding carboxylic acids is 1. The third kappa shape index (κ3) is 6.69. The van der Waals surface area contributed by atoms with E-state index < -0.39 is 23.5 Å². The van der Waals surface area contributed by atoms with E-state index in [0.717, 1.165) is 18.2 Å².